The van der Waals surface area contributed by atoms with Crippen molar-refractivity contribution in [2.45, 2.75) is 86.7 Å². The van der Waals surface area contributed by atoms with Crippen molar-refractivity contribution in [1.29, 1.82) is 0 Å². The predicted octanol–water partition coefficient (Wildman–Crippen LogP) is 7.75. The zero-order valence-electron chi connectivity index (χ0n) is 30.4. The first-order chi connectivity index (χ1) is 24.8. The second-order valence-corrected chi connectivity index (χ2v) is 20.3. The summed E-state index contributed by atoms with van der Waals surface area (Å²) in [5.41, 5.74) is 1.65. The quantitative estimate of drug-likeness (QED) is 0.0609. The minimum absolute atomic E-state index is 0.194. The number of esters is 2. The van der Waals surface area contributed by atoms with E-state index < -0.39 is 56.3 Å². The lowest BCUT2D eigenvalue weighted by Gasteiger charge is -2.50. The Morgan fingerprint density at radius 1 is 0.865 bits per heavy atom. The standard InChI is InChI=1S/C41H47NO8SSi/c1-27-21-23-31(24-22-27)51-40-34(42-37(44)32-20-14-13-19-30(32)25-43)36(49-39(46)29-17-11-8-12-18-29)35(50-52(5,6)41(2,3)4)33(48-40)26-47-38(45)28-15-9-7-10-16-28/h7-25,33-37,40,42,44H,26H2,1-6H3. The van der Waals surface area contributed by atoms with Gasteiger partial charge in [0.05, 0.1) is 17.2 Å². The molecule has 0 bridgehead atoms. The molecule has 1 heterocycles. The SMILES string of the molecule is Cc1ccc(SC2OC(COC(=O)c3ccccc3)C(O[Si](C)(C)C(C)(C)C)C(OC(=O)c3ccccc3)C2NC(O)c2ccccc2C=O)cc1. The lowest BCUT2D eigenvalue weighted by atomic mass is 9.96. The fraction of sp³-hybridized carbons (Fsp3) is 0.341. The Hall–Kier alpha value is -4.10. The molecular weight excluding hydrogens is 695 g/mol. The van der Waals surface area contributed by atoms with E-state index in [1.807, 2.05) is 43.3 Å². The molecule has 4 aromatic carbocycles. The third kappa shape index (κ3) is 9.65. The molecule has 11 heteroatoms. The maximum atomic E-state index is 13.9. The first-order valence-electron chi connectivity index (χ1n) is 17.3. The Bertz CT molecular complexity index is 1800. The third-order valence-electron chi connectivity index (χ3n) is 9.57. The molecule has 52 heavy (non-hydrogen) atoms. The molecule has 1 aliphatic rings. The van der Waals surface area contributed by atoms with E-state index in [1.54, 1.807) is 72.8 Å². The first-order valence-corrected chi connectivity index (χ1v) is 21.1. The summed E-state index contributed by atoms with van der Waals surface area (Å²) in [6, 6.07) is 31.1. The van der Waals surface area contributed by atoms with E-state index in [4.69, 9.17) is 18.6 Å². The van der Waals surface area contributed by atoms with Crippen molar-refractivity contribution in [3.05, 3.63) is 137 Å². The van der Waals surface area contributed by atoms with Crippen LogP contribution in [0.25, 0.3) is 0 Å². The second-order valence-electron chi connectivity index (χ2n) is 14.4. The minimum Gasteiger partial charge on any atom is -0.459 e. The zero-order valence-corrected chi connectivity index (χ0v) is 32.2. The van der Waals surface area contributed by atoms with Crippen LogP contribution < -0.4 is 5.32 Å². The smallest absolute Gasteiger partial charge is 0.338 e. The average molecular weight is 742 g/mol. The Labute approximate surface area is 311 Å². The normalized spacial score (nSPS) is 21.2. The number of aliphatic hydroxyl groups excluding tert-OH is 1. The van der Waals surface area contributed by atoms with E-state index in [2.05, 4.69) is 39.2 Å². The molecule has 1 fully saturated rings. The van der Waals surface area contributed by atoms with E-state index in [-0.39, 0.29) is 11.6 Å². The fourth-order valence-electron chi connectivity index (χ4n) is 5.59. The van der Waals surface area contributed by atoms with Crippen LogP contribution >= 0.6 is 11.8 Å². The van der Waals surface area contributed by atoms with Gasteiger partial charge in [0, 0.05) is 16.0 Å². The Balaban J connectivity index is 1.61. The molecule has 6 atom stereocenters. The van der Waals surface area contributed by atoms with Gasteiger partial charge in [-0.1, -0.05) is 111 Å². The van der Waals surface area contributed by atoms with Gasteiger partial charge in [0.2, 0.25) is 0 Å². The summed E-state index contributed by atoms with van der Waals surface area (Å²) in [6.07, 6.45) is -3.54. The highest BCUT2D eigenvalue weighted by Gasteiger charge is 2.53. The molecule has 0 amide bonds. The van der Waals surface area contributed by atoms with Crippen LogP contribution in [0, 0.1) is 6.92 Å². The number of nitrogens with one attached hydrogen (secondary N) is 1. The van der Waals surface area contributed by atoms with Crippen molar-refractivity contribution in [3.63, 3.8) is 0 Å². The highest BCUT2D eigenvalue weighted by molar-refractivity contribution is 7.99. The highest BCUT2D eigenvalue weighted by Crippen LogP contribution is 2.42. The van der Waals surface area contributed by atoms with E-state index in [0.717, 1.165) is 10.5 Å². The molecule has 0 radical (unpaired) electrons. The van der Waals surface area contributed by atoms with Crippen LogP contribution in [-0.4, -0.2) is 68.0 Å². The summed E-state index contributed by atoms with van der Waals surface area (Å²) < 4.78 is 26.3. The fourth-order valence-corrected chi connectivity index (χ4v) is 8.05. The largest absolute Gasteiger partial charge is 0.459 e. The molecule has 0 aliphatic carbocycles. The monoisotopic (exact) mass is 741 g/mol. The molecule has 0 aromatic heterocycles. The Morgan fingerprint density at radius 2 is 1.44 bits per heavy atom. The summed E-state index contributed by atoms with van der Waals surface area (Å²) in [5, 5.41) is 14.7. The van der Waals surface area contributed by atoms with E-state index >= 15 is 0 Å². The van der Waals surface area contributed by atoms with Crippen LogP contribution in [0.2, 0.25) is 18.1 Å². The zero-order chi connectivity index (χ0) is 37.5. The number of hydrogen-bond donors (Lipinski definition) is 2. The molecule has 9 nitrogen and oxygen atoms in total. The van der Waals surface area contributed by atoms with Gasteiger partial charge >= 0.3 is 11.9 Å². The van der Waals surface area contributed by atoms with Gasteiger partial charge in [-0.05, 0) is 61.5 Å². The topological polar surface area (TPSA) is 120 Å². The lowest BCUT2D eigenvalue weighted by molar-refractivity contribution is -0.173. The summed E-state index contributed by atoms with van der Waals surface area (Å²) in [6.45, 7) is 12.3. The minimum atomic E-state index is -2.63. The number of carbonyl (C=O) groups is 3. The number of ether oxygens (including phenoxy) is 3. The number of aliphatic hydroxyl groups is 1. The maximum Gasteiger partial charge on any atom is 0.338 e. The Kier molecular flexibility index (Phi) is 12.9. The van der Waals surface area contributed by atoms with Crippen LogP contribution in [0.4, 0.5) is 0 Å². The predicted molar refractivity (Wildman–Crippen MR) is 204 cm³/mol. The molecule has 0 spiro atoms. The number of carbonyl (C=O) groups excluding carboxylic acids is 3. The Morgan fingerprint density at radius 3 is 2.04 bits per heavy atom. The number of hydrogen-bond acceptors (Lipinski definition) is 10. The number of aldehydes is 1. The molecule has 1 saturated heterocycles. The number of aryl methyl sites for hydroxylation is 1. The van der Waals surface area contributed by atoms with E-state index in [0.29, 0.717) is 28.5 Å². The van der Waals surface area contributed by atoms with Crippen molar-refractivity contribution in [2.24, 2.45) is 0 Å². The van der Waals surface area contributed by atoms with Gasteiger partial charge in [-0.2, -0.15) is 0 Å². The van der Waals surface area contributed by atoms with E-state index in [1.165, 1.54) is 11.8 Å². The van der Waals surface area contributed by atoms with Gasteiger partial charge < -0.3 is 23.7 Å². The van der Waals surface area contributed by atoms with Gasteiger partial charge in [0.1, 0.15) is 42.9 Å². The van der Waals surface area contributed by atoms with Crippen molar-refractivity contribution < 1.29 is 38.1 Å². The van der Waals surface area contributed by atoms with Crippen LogP contribution in [-0.2, 0) is 18.6 Å². The first kappa shape index (κ1) is 39.1. The average Bonchev–Trinajstić information content (AvgIpc) is 3.14. The van der Waals surface area contributed by atoms with Gasteiger partial charge in [-0.3, -0.25) is 10.1 Å². The van der Waals surface area contributed by atoms with Crippen molar-refractivity contribution >= 4 is 38.3 Å². The second kappa shape index (κ2) is 17.1. The number of rotatable bonds is 13. The highest BCUT2D eigenvalue weighted by atomic mass is 32.2. The van der Waals surface area contributed by atoms with Gasteiger partial charge in [0.25, 0.3) is 0 Å². The molecular formula is C41H47NO8SSi. The maximum absolute atomic E-state index is 13.9. The van der Waals surface area contributed by atoms with Gasteiger partial charge in [-0.15, -0.1) is 0 Å². The van der Waals surface area contributed by atoms with E-state index in [9.17, 15) is 19.5 Å². The molecule has 4 aromatic rings. The van der Waals surface area contributed by atoms with Crippen LogP contribution in [0.3, 0.4) is 0 Å². The lowest BCUT2D eigenvalue weighted by Crippen LogP contribution is -2.67. The summed E-state index contributed by atoms with van der Waals surface area (Å²) in [7, 11) is -2.63. The molecule has 1 aliphatic heterocycles. The third-order valence-corrected chi connectivity index (χ3v) is 15.2. The number of benzene rings is 4. The molecule has 2 N–H and O–H groups in total. The van der Waals surface area contributed by atoms with Crippen molar-refractivity contribution in [1.82, 2.24) is 5.32 Å². The van der Waals surface area contributed by atoms with Crippen LogP contribution in [0.5, 0.6) is 0 Å². The molecule has 274 valence electrons. The molecule has 6 unspecified atom stereocenters. The summed E-state index contributed by atoms with van der Waals surface area (Å²) >= 11 is 1.37. The summed E-state index contributed by atoms with van der Waals surface area (Å²) in [5.74, 6) is -1.12. The van der Waals surface area contributed by atoms with Gasteiger partial charge in [0.15, 0.2) is 8.32 Å². The number of thioether (sulfide) groups is 1. The van der Waals surface area contributed by atoms with Crippen LogP contribution in [0.1, 0.15) is 69.2 Å². The molecule has 5 rings (SSSR count). The van der Waals surface area contributed by atoms with Crippen LogP contribution in [0.15, 0.2) is 114 Å². The van der Waals surface area contributed by atoms with Crippen molar-refractivity contribution in [3.8, 4) is 0 Å². The molecule has 0 saturated carbocycles. The van der Waals surface area contributed by atoms with Crippen molar-refractivity contribution in [2.75, 3.05) is 6.61 Å². The van der Waals surface area contributed by atoms with Gasteiger partial charge in [-0.25, -0.2) is 9.59 Å². The summed E-state index contributed by atoms with van der Waals surface area (Å²) in [4.78, 5) is 40.1.